The molecular formula is C22H27F3N8O2S. The number of amides is 1. The first-order chi connectivity index (χ1) is 17.1. The Kier molecular flexibility index (Phi) is 7.43. The Morgan fingerprint density at radius 3 is 2.50 bits per heavy atom. The smallest absolute Gasteiger partial charge is 0.443 e. The van der Waals surface area contributed by atoms with Crippen molar-refractivity contribution in [3.8, 4) is 17.3 Å². The number of alkyl halides is 3. The molecule has 3 aromatic rings. The van der Waals surface area contributed by atoms with Crippen LogP contribution >= 0.6 is 11.3 Å². The van der Waals surface area contributed by atoms with Crippen LogP contribution in [0.15, 0.2) is 12.4 Å². The molecule has 4 heterocycles. The van der Waals surface area contributed by atoms with Gasteiger partial charge in [-0.15, -0.1) is 0 Å². The molecule has 0 unspecified atom stereocenters. The van der Waals surface area contributed by atoms with Gasteiger partial charge in [0.1, 0.15) is 23.1 Å². The number of aromatic nitrogens is 6. The number of rotatable bonds is 7. The number of thiazole rings is 1. The van der Waals surface area contributed by atoms with E-state index in [0.717, 1.165) is 0 Å². The number of piperazine rings is 1. The van der Waals surface area contributed by atoms with Gasteiger partial charge in [0, 0.05) is 50.1 Å². The highest BCUT2D eigenvalue weighted by Crippen LogP contribution is 2.43. The lowest BCUT2D eigenvalue weighted by Crippen LogP contribution is -2.54. The first kappa shape index (κ1) is 25.8. The number of halogens is 3. The molecule has 0 radical (unpaired) electrons. The fourth-order valence-electron chi connectivity index (χ4n) is 3.99. The van der Waals surface area contributed by atoms with E-state index in [2.05, 4.69) is 25.0 Å². The summed E-state index contributed by atoms with van der Waals surface area (Å²) in [6.45, 7) is 8.91. The number of carbonyl (C=O) groups excluding carboxylic acids is 1. The molecule has 0 spiro atoms. The minimum atomic E-state index is -4.58. The minimum absolute atomic E-state index is 0.0662. The number of carbonyl (C=O) groups is 1. The van der Waals surface area contributed by atoms with Gasteiger partial charge in [0.25, 0.3) is 0 Å². The second-order valence-electron chi connectivity index (χ2n) is 8.33. The highest BCUT2D eigenvalue weighted by molar-refractivity contribution is 7.16. The van der Waals surface area contributed by atoms with Gasteiger partial charge in [-0.1, -0.05) is 18.3 Å². The van der Waals surface area contributed by atoms with Crippen molar-refractivity contribution in [1.29, 1.82) is 0 Å². The molecule has 1 atom stereocenters. The zero-order valence-electron chi connectivity index (χ0n) is 20.4. The SMILES string of the molecule is CCOc1ncc(-c2nc(C(F)(F)F)sc2N2CCN(C(=O)Cn3nc(CC)nc3C)[C@H](C)C2)cn1. The van der Waals surface area contributed by atoms with Gasteiger partial charge in [-0.2, -0.15) is 18.3 Å². The van der Waals surface area contributed by atoms with E-state index in [-0.39, 0.29) is 30.2 Å². The number of hydrogen-bond acceptors (Lipinski definition) is 9. The van der Waals surface area contributed by atoms with Crippen LogP contribution in [0, 0.1) is 6.92 Å². The lowest BCUT2D eigenvalue weighted by atomic mass is 10.1. The Labute approximate surface area is 210 Å². The number of nitrogens with zero attached hydrogens (tertiary/aromatic N) is 8. The lowest BCUT2D eigenvalue weighted by molar-refractivity contribution is -0.137. The third-order valence-electron chi connectivity index (χ3n) is 5.76. The summed E-state index contributed by atoms with van der Waals surface area (Å²) in [5.74, 6) is 1.23. The van der Waals surface area contributed by atoms with E-state index in [9.17, 15) is 18.0 Å². The van der Waals surface area contributed by atoms with Gasteiger partial charge in [-0.25, -0.2) is 24.6 Å². The van der Waals surface area contributed by atoms with E-state index < -0.39 is 11.2 Å². The Bertz CT molecular complexity index is 1210. The molecule has 0 saturated carbocycles. The van der Waals surface area contributed by atoms with Crippen LogP contribution in [0.2, 0.25) is 0 Å². The van der Waals surface area contributed by atoms with Crippen LogP contribution in [-0.2, 0) is 23.9 Å². The monoisotopic (exact) mass is 524 g/mol. The standard InChI is InChI=1S/C22H27F3N8O2S/c1-5-16-28-14(4)33(30-16)12-17(34)32-8-7-31(11-13(32)3)19-18(29-20(36-19)22(23,24)25)15-9-26-21(27-10-15)35-6-2/h9-10,13H,5-8,11-12H2,1-4H3/t13-/m1/s1. The normalized spacial score (nSPS) is 16.5. The average Bonchev–Trinajstić information content (AvgIpc) is 3.44. The van der Waals surface area contributed by atoms with Crippen molar-refractivity contribution in [1.82, 2.24) is 34.6 Å². The Balaban J connectivity index is 1.54. The fourth-order valence-corrected chi connectivity index (χ4v) is 4.98. The van der Waals surface area contributed by atoms with Crippen LogP contribution < -0.4 is 9.64 Å². The zero-order valence-corrected chi connectivity index (χ0v) is 21.2. The van der Waals surface area contributed by atoms with Gasteiger partial charge < -0.3 is 14.5 Å². The van der Waals surface area contributed by atoms with E-state index in [4.69, 9.17) is 4.74 Å². The fraction of sp³-hybridized carbons (Fsp3) is 0.545. The summed E-state index contributed by atoms with van der Waals surface area (Å²) >= 11 is 0.581. The van der Waals surface area contributed by atoms with Gasteiger partial charge in [-0.05, 0) is 20.8 Å². The van der Waals surface area contributed by atoms with E-state index in [1.54, 1.807) is 23.4 Å². The van der Waals surface area contributed by atoms with E-state index in [1.165, 1.54) is 12.4 Å². The molecule has 1 saturated heterocycles. The van der Waals surface area contributed by atoms with Crippen molar-refractivity contribution in [2.45, 2.75) is 52.9 Å². The summed E-state index contributed by atoms with van der Waals surface area (Å²) in [5, 5.41) is 3.78. The van der Waals surface area contributed by atoms with Gasteiger partial charge in [0.2, 0.25) is 10.9 Å². The van der Waals surface area contributed by atoms with E-state index in [1.807, 2.05) is 18.7 Å². The molecular weight excluding hydrogens is 497 g/mol. The molecule has 1 aliphatic heterocycles. The molecule has 14 heteroatoms. The van der Waals surface area contributed by atoms with E-state index in [0.29, 0.717) is 66.2 Å². The molecule has 0 aromatic carbocycles. The van der Waals surface area contributed by atoms with Crippen LogP contribution in [-0.4, -0.2) is 72.8 Å². The van der Waals surface area contributed by atoms with Crippen molar-refractivity contribution < 1.29 is 22.7 Å². The Morgan fingerprint density at radius 2 is 1.92 bits per heavy atom. The summed E-state index contributed by atoms with van der Waals surface area (Å²) in [4.78, 5) is 32.9. The van der Waals surface area contributed by atoms with Gasteiger partial charge in [0.15, 0.2) is 5.82 Å². The number of hydrogen-bond donors (Lipinski definition) is 0. The van der Waals surface area contributed by atoms with Crippen molar-refractivity contribution >= 4 is 22.2 Å². The second kappa shape index (κ2) is 10.4. The second-order valence-corrected chi connectivity index (χ2v) is 9.30. The maximum atomic E-state index is 13.6. The maximum Gasteiger partial charge on any atom is 0.443 e. The first-order valence-corrected chi connectivity index (χ1v) is 12.4. The topological polar surface area (TPSA) is 102 Å². The molecule has 194 valence electrons. The van der Waals surface area contributed by atoms with Crippen molar-refractivity contribution in [3.63, 3.8) is 0 Å². The van der Waals surface area contributed by atoms with Crippen LogP contribution in [0.25, 0.3) is 11.3 Å². The highest BCUT2D eigenvalue weighted by atomic mass is 32.1. The van der Waals surface area contributed by atoms with Crippen LogP contribution in [0.5, 0.6) is 6.01 Å². The molecule has 0 N–H and O–H groups in total. The first-order valence-electron chi connectivity index (χ1n) is 11.6. The van der Waals surface area contributed by atoms with Crippen molar-refractivity contribution in [2.75, 3.05) is 31.1 Å². The molecule has 1 fully saturated rings. The average molecular weight is 525 g/mol. The predicted octanol–water partition coefficient (Wildman–Crippen LogP) is 3.22. The Hall–Kier alpha value is -3.29. The molecule has 10 nitrogen and oxygen atoms in total. The summed E-state index contributed by atoms with van der Waals surface area (Å²) < 4.78 is 47.5. The third kappa shape index (κ3) is 5.42. The molecule has 1 aliphatic rings. The minimum Gasteiger partial charge on any atom is -0.464 e. The number of aryl methyl sites for hydroxylation is 2. The quantitative estimate of drug-likeness (QED) is 0.464. The third-order valence-corrected chi connectivity index (χ3v) is 6.92. The number of ether oxygens (including phenoxy) is 1. The molecule has 3 aromatic heterocycles. The van der Waals surface area contributed by atoms with Gasteiger partial charge in [-0.3, -0.25) is 4.79 Å². The summed E-state index contributed by atoms with van der Waals surface area (Å²) in [7, 11) is 0. The molecule has 4 rings (SSSR count). The highest BCUT2D eigenvalue weighted by Gasteiger charge is 2.38. The molecule has 1 amide bonds. The molecule has 36 heavy (non-hydrogen) atoms. The van der Waals surface area contributed by atoms with Crippen LogP contribution in [0.3, 0.4) is 0 Å². The lowest BCUT2D eigenvalue weighted by Gasteiger charge is -2.40. The predicted molar refractivity (Wildman–Crippen MR) is 127 cm³/mol. The Morgan fingerprint density at radius 1 is 1.19 bits per heavy atom. The van der Waals surface area contributed by atoms with Crippen LogP contribution in [0.1, 0.15) is 37.4 Å². The molecule has 0 aliphatic carbocycles. The van der Waals surface area contributed by atoms with Crippen molar-refractivity contribution in [3.05, 3.63) is 29.1 Å². The largest absolute Gasteiger partial charge is 0.464 e. The zero-order chi connectivity index (χ0) is 26.0. The summed E-state index contributed by atoms with van der Waals surface area (Å²) in [6.07, 6.45) is -1.09. The molecule has 0 bridgehead atoms. The van der Waals surface area contributed by atoms with Crippen molar-refractivity contribution in [2.24, 2.45) is 0 Å². The van der Waals surface area contributed by atoms with Crippen LogP contribution in [0.4, 0.5) is 18.2 Å². The van der Waals surface area contributed by atoms with Gasteiger partial charge in [0.05, 0.1) is 6.61 Å². The maximum absolute atomic E-state index is 13.6. The summed E-state index contributed by atoms with van der Waals surface area (Å²) in [5.41, 5.74) is 0.521. The van der Waals surface area contributed by atoms with E-state index >= 15 is 0 Å². The summed E-state index contributed by atoms with van der Waals surface area (Å²) in [6, 6.07) is -0.0925. The van der Waals surface area contributed by atoms with Gasteiger partial charge >= 0.3 is 12.2 Å². The number of anilines is 1.